The molecule has 0 spiro atoms. The minimum absolute atomic E-state index is 0.294. The van der Waals surface area contributed by atoms with Gasteiger partial charge in [0.05, 0.1) is 12.6 Å². The van der Waals surface area contributed by atoms with E-state index in [1.54, 1.807) is 30.3 Å². The number of carbonyl (C=O) groups excluding carboxylic acids is 5. The van der Waals surface area contributed by atoms with Crippen LogP contribution in [0.25, 0.3) is 0 Å². The molecule has 0 saturated carbocycles. The van der Waals surface area contributed by atoms with E-state index in [1.165, 1.54) is 11.8 Å². The maximum Gasteiger partial charge on any atom is 0.292 e. The first-order valence-electron chi connectivity index (χ1n) is 11.6. The van der Waals surface area contributed by atoms with Crippen molar-refractivity contribution in [2.24, 2.45) is 0 Å². The van der Waals surface area contributed by atoms with Gasteiger partial charge in [-0.15, -0.1) is 0 Å². The molecule has 1 aromatic carbocycles. The van der Waals surface area contributed by atoms with Crippen LogP contribution >= 0.6 is 0 Å². The Labute approximate surface area is 194 Å². The highest BCUT2D eigenvalue weighted by Gasteiger charge is 2.32. The first-order chi connectivity index (χ1) is 15.8. The monoisotopic (exact) mass is 458 g/mol. The lowest BCUT2D eigenvalue weighted by Gasteiger charge is -2.23. The van der Waals surface area contributed by atoms with Gasteiger partial charge < -0.3 is 20.9 Å². The topological polar surface area (TPSA) is 125 Å². The fraction of sp³-hybridized carbons (Fsp3) is 0.542. The summed E-state index contributed by atoms with van der Waals surface area (Å²) >= 11 is 0. The van der Waals surface area contributed by atoms with E-state index >= 15 is 0 Å². The number of amides is 4. The molecular weight excluding hydrogens is 424 g/mol. The highest BCUT2D eigenvalue weighted by molar-refractivity contribution is 6.38. The first-order valence-corrected chi connectivity index (χ1v) is 11.6. The molecule has 1 fully saturated rings. The fourth-order valence-electron chi connectivity index (χ4n) is 3.60. The maximum atomic E-state index is 12.8. The highest BCUT2D eigenvalue weighted by Crippen LogP contribution is 2.11. The Morgan fingerprint density at radius 1 is 0.970 bits per heavy atom. The molecule has 33 heavy (non-hydrogen) atoms. The summed E-state index contributed by atoms with van der Waals surface area (Å²) in [6.07, 6.45) is 4.63. The molecule has 0 aliphatic carbocycles. The van der Waals surface area contributed by atoms with Crippen LogP contribution in [0.5, 0.6) is 0 Å². The molecule has 9 heteroatoms. The summed E-state index contributed by atoms with van der Waals surface area (Å²) in [6, 6.07) is 6.61. The van der Waals surface area contributed by atoms with Gasteiger partial charge in [-0.2, -0.15) is 0 Å². The van der Waals surface area contributed by atoms with Crippen molar-refractivity contribution in [3.05, 3.63) is 35.9 Å². The zero-order valence-electron chi connectivity index (χ0n) is 19.4. The summed E-state index contributed by atoms with van der Waals surface area (Å²) in [5.74, 6) is -2.67. The van der Waals surface area contributed by atoms with Gasteiger partial charge in [0, 0.05) is 18.7 Å². The Kier molecular flexibility index (Phi) is 10.5. The fourth-order valence-corrected chi connectivity index (χ4v) is 3.60. The number of nitrogens with one attached hydrogen (secondary N) is 3. The van der Waals surface area contributed by atoms with Crippen molar-refractivity contribution >= 4 is 29.4 Å². The zero-order chi connectivity index (χ0) is 24.2. The number of carbonyl (C=O) groups is 5. The van der Waals surface area contributed by atoms with Gasteiger partial charge in [0.2, 0.25) is 17.6 Å². The minimum atomic E-state index is -0.936. The number of rotatable bonds is 12. The van der Waals surface area contributed by atoms with E-state index in [4.69, 9.17) is 0 Å². The molecule has 1 saturated heterocycles. The second-order valence-corrected chi connectivity index (χ2v) is 8.26. The SMILES string of the molecule is CCCCCC(NC(=O)[C@H](C)NC(=O)CNC(=O)c1ccccc1)C(=O)C(=O)N1CCCC1. The Morgan fingerprint density at radius 2 is 1.64 bits per heavy atom. The standard InChI is InChI=1S/C24H34N4O5/c1-3-4-6-13-19(21(30)24(33)28-14-9-10-15-28)27-22(31)17(2)26-20(29)16-25-23(32)18-11-7-5-8-12-18/h5,7-8,11-12,17,19H,3-4,6,9-10,13-16H2,1-2H3,(H,25,32)(H,26,29)(H,27,31)/t17-,19?/m0/s1. The summed E-state index contributed by atoms with van der Waals surface area (Å²) < 4.78 is 0. The van der Waals surface area contributed by atoms with Gasteiger partial charge in [-0.3, -0.25) is 24.0 Å². The second-order valence-electron chi connectivity index (χ2n) is 8.26. The smallest absolute Gasteiger partial charge is 0.292 e. The Hall–Kier alpha value is -3.23. The zero-order valence-corrected chi connectivity index (χ0v) is 19.4. The van der Waals surface area contributed by atoms with Crippen molar-refractivity contribution in [2.75, 3.05) is 19.6 Å². The van der Waals surface area contributed by atoms with Crippen LogP contribution in [0.3, 0.4) is 0 Å². The third kappa shape index (κ3) is 8.32. The largest absolute Gasteiger partial charge is 0.344 e. The number of ketones is 1. The van der Waals surface area contributed by atoms with E-state index in [0.29, 0.717) is 31.5 Å². The predicted octanol–water partition coefficient (Wildman–Crippen LogP) is 1.18. The molecule has 2 rings (SSSR count). The van der Waals surface area contributed by atoms with Crippen molar-refractivity contribution in [3.63, 3.8) is 0 Å². The number of hydrogen-bond acceptors (Lipinski definition) is 5. The molecular formula is C24H34N4O5. The quantitative estimate of drug-likeness (QED) is 0.320. The molecule has 9 nitrogen and oxygen atoms in total. The van der Waals surface area contributed by atoms with Gasteiger partial charge in [-0.05, 0) is 38.3 Å². The Balaban J connectivity index is 1.87. The van der Waals surface area contributed by atoms with Crippen molar-refractivity contribution in [1.82, 2.24) is 20.9 Å². The number of unbranched alkanes of at least 4 members (excludes halogenated alkanes) is 2. The number of nitrogens with zero attached hydrogens (tertiary/aromatic N) is 1. The highest BCUT2D eigenvalue weighted by atomic mass is 16.2. The van der Waals surface area contributed by atoms with Crippen molar-refractivity contribution in [1.29, 1.82) is 0 Å². The Morgan fingerprint density at radius 3 is 2.27 bits per heavy atom. The molecule has 3 N–H and O–H groups in total. The van der Waals surface area contributed by atoms with Crippen molar-refractivity contribution < 1.29 is 24.0 Å². The van der Waals surface area contributed by atoms with Crippen LogP contribution < -0.4 is 16.0 Å². The molecule has 2 atom stereocenters. The third-order valence-corrected chi connectivity index (χ3v) is 5.55. The molecule has 0 aromatic heterocycles. The molecule has 1 aromatic rings. The third-order valence-electron chi connectivity index (χ3n) is 5.55. The van der Waals surface area contributed by atoms with Gasteiger partial charge in [0.1, 0.15) is 6.04 Å². The van der Waals surface area contributed by atoms with E-state index in [9.17, 15) is 24.0 Å². The average Bonchev–Trinajstić information content (AvgIpc) is 3.36. The molecule has 180 valence electrons. The molecule has 4 amide bonds. The summed E-state index contributed by atoms with van der Waals surface area (Å²) in [7, 11) is 0. The van der Waals surface area contributed by atoms with Crippen LogP contribution in [0.15, 0.2) is 30.3 Å². The van der Waals surface area contributed by atoms with Gasteiger partial charge in [-0.25, -0.2) is 0 Å². The van der Waals surface area contributed by atoms with Gasteiger partial charge in [-0.1, -0.05) is 44.4 Å². The van der Waals surface area contributed by atoms with Crippen LogP contribution in [0.2, 0.25) is 0 Å². The minimum Gasteiger partial charge on any atom is -0.344 e. The van der Waals surface area contributed by atoms with E-state index in [-0.39, 0.29) is 6.54 Å². The lowest BCUT2D eigenvalue weighted by Crippen LogP contribution is -2.54. The normalized spacial score (nSPS) is 14.8. The van der Waals surface area contributed by atoms with Gasteiger partial charge in [0.15, 0.2) is 0 Å². The maximum absolute atomic E-state index is 12.8. The molecule has 0 bridgehead atoms. The summed E-state index contributed by atoms with van der Waals surface area (Å²) in [4.78, 5) is 63.7. The van der Waals surface area contributed by atoms with E-state index < -0.39 is 41.5 Å². The van der Waals surface area contributed by atoms with E-state index in [0.717, 1.165) is 25.7 Å². The predicted molar refractivity (Wildman–Crippen MR) is 123 cm³/mol. The van der Waals surface area contributed by atoms with Crippen LogP contribution in [-0.4, -0.2) is 66.0 Å². The lowest BCUT2D eigenvalue weighted by atomic mass is 10.0. The van der Waals surface area contributed by atoms with E-state index in [2.05, 4.69) is 16.0 Å². The molecule has 1 aliphatic rings. The van der Waals surface area contributed by atoms with Crippen LogP contribution in [-0.2, 0) is 19.2 Å². The summed E-state index contributed by atoms with van der Waals surface area (Å²) in [6.45, 7) is 4.33. The number of likely N-dealkylation sites (tertiary alicyclic amines) is 1. The number of hydrogen-bond donors (Lipinski definition) is 3. The first kappa shape index (κ1) is 26.0. The second kappa shape index (κ2) is 13.3. The van der Waals surface area contributed by atoms with Crippen LogP contribution in [0.1, 0.15) is 62.7 Å². The molecule has 1 aliphatic heterocycles. The number of Topliss-reactive ketones (excluding diaryl/α,β-unsaturated/α-hetero) is 1. The van der Waals surface area contributed by atoms with Gasteiger partial charge >= 0.3 is 0 Å². The van der Waals surface area contributed by atoms with Crippen molar-refractivity contribution in [3.8, 4) is 0 Å². The molecule has 1 heterocycles. The molecule has 1 unspecified atom stereocenters. The van der Waals surface area contributed by atoms with E-state index in [1.807, 2.05) is 6.92 Å². The number of benzene rings is 1. The summed E-state index contributed by atoms with van der Waals surface area (Å²) in [5, 5.41) is 7.64. The lowest BCUT2D eigenvalue weighted by molar-refractivity contribution is -0.145. The summed E-state index contributed by atoms with van der Waals surface area (Å²) in [5.41, 5.74) is 0.423. The van der Waals surface area contributed by atoms with Crippen LogP contribution in [0, 0.1) is 0 Å². The van der Waals surface area contributed by atoms with Crippen molar-refractivity contribution in [2.45, 2.75) is 64.5 Å². The molecule has 0 radical (unpaired) electrons. The van der Waals surface area contributed by atoms with Crippen LogP contribution in [0.4, 0.5) is 0 Å². The van der Waals surface area contributed by atoms with Gasteiger partial charge in [0.25, 0.3) is 11.8 Å². The Bertz CT molecular complexity index is 837. The average molecular weight is 459 g/mol.